The fourth-order valence-corrected chi connectivity index (χ4v) is 3.66. The van der Waals surface area contributed by atoms with E-state index in [2.05, 4.69) is 0 Å². The van der Waals surface area contributed by atoms with Crippen molar-refractivity contribution >= 4 is 25.3 Å². The van der Waals surface area contributed by atoms with E-state index in [1.165, 1.54) is 17.2 Å². The first-order chi connectivity index (χ1) is 5.98. The van der Waals surface area contributed by atoms with Crippen molar-refractivity contribution in [2.75, 3.05) is 0 Å². The number of carbonyl (C=O) groups excluding carboxylic acids is 1. The highest BCUT2D eigenvalue weighted by Gasteiger charge is 2.43. The minimum absolute atomic E-state index is 0.0120. The molecule has 1 saturated heterocycles. The molecule has 0 aromatic carbocycles. The van der Waals surface area contributed by atoms with Crippen LogP contribution in [0.3, 0.4) is 0 Å². The van der Waals surface area contributed by atoms with Gasteiger partial charge in [-0.25, -0.2) is 0 Å². The van der Waals surface area contributed by atoms with Gasteiger partial charge in [-0.2, -0.15) is 0 Å². The van der Waals surface area contributed by atoms with E-state index in [4.69, 9.17) is 9.79 Å². The number of amides is 1. The molecule has 0 saturated carbocycles. The lowest BCUT2D eigenvalue weighted by Gasteiger charge is -2.41. The van der Waals surface area contributed by atoms with Gasteiger partial charge >= 0.3 is 7.60 Å². The first-order valence-corrected chi connectivity index (χ1v) is 6.31. The summed E-state index contributed by atoms with van der Waals surface area (Å²) in [5, 5.41) is -0.0740. The minimum atomic E-state index is -4.05. The summed E-state index contributed by atoms with van der Waals surface area (Å²) in [6.45, 7) is 0. The maximum atomic E-state index is 10.9. The molecule has 2 rings (SSSR count). The van der Waals surface area contributed by atoms with Gasteiger partial charge in [-0.1, -0.05) is 0 Å². The predicted molar refractivity (Wildman–Crippen MR) is 47.8 cm³/mol. The van der Waals surface area contributed by atoms with Crippen molar-refractivity contribution in [2.24, 2.45) is 0 Å². The molecule has 0 aromatic heterocycles. The van der Waals surface area contributed by atoms with Crippen LogP contribution in [0.5, 0.6) is 0 Å². The zero-order chi connectivity index (χ0) is 9.64. The standard InChI is InChI=1S/C6H8NO4PS/c8-4-3-5-7(4)2-1-6(13-5)12(9,10)11/h1-2,5-6H,3H2,(H2,9,10,11)/t5-,6?/m1/s1. The van der Waals surface area contributed by atoms with Gasteiger partial charge in [-0.05, 0) is 6.08 Å². The lowest BCUT2D eigenvalue weighted by atomic mass is 10.2. The van der Waals surface area contributed by atoms with Gasteiger partial charge in [0.1, 0.15) is 4.99 Å². The second-order valence-corrected chi connectivity index (χ2v) is 6.33. The number of thioether (sulfide) groups is 1. The van der Waals surface area contributed by atoms with Crippen LogP contribution in [0.25, 0.3) is 0 Å². The molecule has 2 heterocycles. The highest BCUT2D eigenvalue weighted by molar-refractivity contribution is 8.06. The molecule has 2 aliphatic heterocycles. The van der Waals surface area contributed by atoms with Crippen molar-refractivity contribution in [3.05, 3.63) is 12.3 Å². The maximum absolute atomic E-state index is 10.9. The van der Waals surface area contributed by atoms with E-state index in [0.29, 0.717) is 6.42 Å². The van der Waals surface area contributed by atoms with Gasteiger partial charge in [0.15, 0.2) is 0 Å². The van der Waals surface area contributed by atoms with Gasteiger partial charge in [0.25, 0.3) is 0 Å². The molecule has 0 aromatic rings. The summed E-state index contributed by atoms with van der Waals surface area (Å²) in [4.78, 5) is 29.3. The van der Waals surface area contributed by atoms with Crippen molar-refractivity contribution < 1.29 is 19.1 Å². The zero-order valence-electron chi connectivity index (χ0n) is 6.53. The van der Waals surface area contributed by atoms with Gasteiger partial charge in [0, 0.05) is 6.20 Å². The molecule has 0 aliphatic carbocycles. The maximum Gasteiger partial charge on any atom is 0.342 e. The van der Waals surface area contributed by atoms with E-state index in [1.807, 2.05) is 0 Å². The quantitative estimate of drug-likeness (QED) is 0.492. The van der Waals surface area contributed by atoms with Crippen molar-refractivity contribution in [1.29, 1.82) is 0 Å². The highest BCUT2D eigenvalue weighted by Crippen LogP contribution is 2.53. The van der Waals surface area contributed by atoms with Crippen LogP contribution in [0, 0.1) is 0 Å². The average Bonchev–Trinajstić information content (AvgIpc) is 2.00. The van der Waals surface area contributed by atoms with Crippen LogP contribution in [0.4, 0.5) is 0 Å². The largest absolute Gasteiger partial charge is 0.342 e. The topological polar surface area (TPSA) is 77.8 Å². The summed E-state index contributed by atoms with van der Waals surface area (Å²) in [5.41, 5.74) is 0. The Labute approximate surface area is 79.0 Å². The Bertz CT molecular complexity index is 325. The Balaban J connectivity index is 2.15. The summed E-state index contributed by atoms with van der Waals surface area (Å²) in [5.74, 6) is 0.0120. The van der Waals surface area contributed by atoms with Crippen LogP contribution in [-0.2, 0) is 9.36 Å². The minimum Gasteiger partial charge on any atom is -0.323 e. The Morgan fingerprint density at radius 1 is 1.62 bits per heavy atom. The fraction of sp³-hybridized carbons (Fsp3) is 0.500. The van der Waals surface area contributed by atoms with E-state index in [-0.39, 0.29) is 11.3 Å². The van der Waals surface area contributed by atoms with E-state index in [0.717, 1.165) is 11.8 Å². The normalized spacial score (nSPS) is 32.8. The molecule has 0 bridgehead atoms. The van der Waals surface area contributed by atoms with E-state index in [9.17, 15) is 9.36 Å². The van der Waals surface area contributed by atoms with Crippen LogP contribution in [0.1, 0.15) is 6.42 Å². The van der Waals surface area contributed by atoms with Gasteiger partial charge in [0.05, 0.1) is 11.8 Å². The van der Waals surface area contributed by atoms with Crippen LogP contribution < -0.4 is 0 Å². The molecule has 0 spiro atoms. The molecule has 1 unspecified atom stereocenters. The third kappa shape index (κ3) is 1.55. The van der Waals surface area contributed by atoms with Crippen molar-refractivity contribution in [3.63, 3.8) is 0 Å². The monoisotopic (exact) mass is 221 g/mol. The molecule has 5 nitrogen and oxygen atoms in total. The number of carbonyl (C=O) groups is 1. The van der Waals surface area contributed by atoms with E-state index in [1.54, 1.807) is 0 Å². The molecule has 2 aliphatic rings. The summed E-state index contributed by atoms with van der Waals surface area (Å²) in [6.07, 6.45) is 3.24. The predicted octanol–water partition coefficient (Wildman–Crippen LogP) is 0.309. The number of fused-ring (bicyclic) bond motifs is 1. The summed E-state index contributed by atoms with van der Waals surface area (Å²) in [6, 6.07) is 0. The molecule has 2 N–H and O–H groups in total. The number of nitrogens with zero attached hydrogens (tertiary/aromatic N) is 1. The molecular formula is C6H8NO4PS. The SMILES string of the molecule is O=C1C[C@H]2SC(P(=O)(O)O)C=CN12. The third-order valence-corrected chi connectivity index (χ3v) is 5.15. The third-order valence-electron chi connectivity index (χ3n) is 1.99. The second-order valence-electron chi connectivity index (χ2n) is 2.92. The fourth-order valence-electron chi connectivity index (χ4n) is 1.26. The van der Waals surface area contributed by atoms with Crippen LogP contribution in [-0.4, -0.2) is 31.0 Å². The Kier molecular flexibility index (Phi) is 2.03. The molecule has 7 heteroatoms. The molecule has 72 valence electrons. The summed E-state index contributed by atoms with van der Waals surface area (Å²) >= 11 is 1.15. The molecule has 2 atom stereocenters. The number of hydrogen-bond acceptors (Lipinski definition) is 3. The van der Waals surface area contributed by atoms with Crippen molar-refractivity contribution in [3.8, 4) is 0 Å². The summed E-state index contributed by atoms with van der Waals surface area (Å²) in [7, 11) is -4.05. The second kappa shape index (κ2) is 2.85. The summed E-state index contributed by atoms with van der Waals surface area (Å²) < 4.78 is 10.9. The smallest absolute Gasteiger partial charge is 0.323 e. The highest BCUT2D eigenvalue weighted by atomic mass is 32.2. The van der Waals surface area contributed by atoms with Crippen LogP contribution in [0.15, 0.2) is 12.3 Å². The molecule has 1 fully saturated rings. The number of rotatable bonds is 1. The van der Waals surface area contributed by atoms with Gasteiger partial charge in [0.2, 0.25) is 5.91 Å². The van der Waals surface area contributed by atoms with Crippen molar-refractivity contribution in [1.82, 2.24) is 4.90 Å². The Morgan fingerprint density at radius 3 is 2.77 bits per heavy atom. The first-order valence-electron chi connectivity index (χ1n) is 3.68. The first kappa shape index (κ1) is 9.27. The zero-order valence-corrected chi connectivity index (χ0v) is 8.24. The molecule has 1 amide bonds. The molecular weight excluding hydrogens is 213 g/mol. The Morgan fingerprint density at radius 2 is 2.31 bits per heavy atom. The van der Waals surface area contributed by atoms with Crippen LogP contribution >= 0.6 is 19.4 Å². The van der Waals surface area contributed by atoms with Crippen molar-refractivity contribution in [2.45, 2.75) is 16.8 Å². The number of hydrogen-bond donors (Lipinski definition) is 2. The Hall–Kier alpha value is -0.290. The lowest BCUT2D eigenvalue weighted by Crippen LogP contribution is -2.49. The van der Waals surface area contributed by atoms with Gasteiger partial charge in [-0.3, -0.25) is 9.36 Å². The van der Waals surface area contributed by atoms with E-state index < -0.39 is 12.6 Å². The van der Waals surface area contributed by atoms with Gasteiger partial charge < -0.3 is 14.7 Å². The number of β-lactam (4-membered cyclic amide) rings is 1. The van der Waals surface area contributed by atoms with E-state index >= 15 is 0 Å². The molecule has 0 radical (unpaired) electrons. The lowest BCUT2D eigenvalue weighted by molar-refractivity contribution is -0.137. The average molecular weight is 221 g/mol. The van der Waals surface area contributed by atoms with Gasteiger partial charge in [-0.15, -0.1) is 11.8 Å². The van der Waals surface area contributed by atoms with Crippen LogP contribution in [0.2, 0.25) is 0 Å². The molecule has 13 heavy (non-hydrogen) atoms.